The molecule has 0 spiro atoms. The molecule has 0 aromatic rings. The summed E-state index contributed by atoms with van der Waals surface area (Å²) in [5, 5.41) is 3.26. The molecule has 21 heavy (non-hydrogen) atoms. The highest BCUT2D eigenvalue weighted by molar-refractivity contribution is 5.80. The van der Waals surface area contributed by atoms with Crippen molar-refractivity contribution in [2.75, 3.05) is 6.61 Å². The molecule has 1 rings (SSSR count). The highest BCUT2D eigenvalue weighted by Crippen LogP contribution is 2.27. The van der Waals surface area contributed by atoms with Crippen molar-refractivity contribution in [3.63, 3.8) is 0 Å². The molecule has 0 bridgehead atoms. The standard InChI is InChI=1S/C15H26F3NO2/c1-3-21-13(20)14(2,10-7-11-15(16,17)18)19-12-8-5-4-6-9-12/h12,19H,3-11H2,1-2H3. The van der Waals surface area contributed by atoms with Crippen LogP contribution in [0.15, 0.2) is 0 Å². The van der Waals surface area contributed by atoms with E-state index < -0.39 is 24.1 Å². The van der Waals surface area contributed by atoms with Crippen LogP contribution in [-0.2, 0) is 9.53 Å². The maximum absolute atomic E-state index is 12.3. The van der Waals surface area contributed by atoms with Crippen LogP contribution in [0.3, 0.4) is 0 Å². The predicted molar refractivity (Wildman–Crippen MR) is 75.0 cm³/mol. The van der Waals surface area contributed by atoms with Gasteiger partial charge in [0, 0.05) is 12.5 Å². The van der Waals surface area contributed by atoms with Gasteiger partial charge in [-0.05, 0) is 39.5 Å². The van der Waals surface area contributed by atoms with Crippen LogP contribution in [0.4, 0.5) is 13.2 Å². The Morgan fingerprint density at radius 3 is 2.33 bits per heavy atom. The maximum Gasteiger partial charge on any atom is 0.389 e. The van der Waals surface area contributed by atoms with Crippen LogP contribution in [0, 0.1) is 0 Å². The average Bonchev–Trinajstić information content (AvgIpc) is 2.38. The van der Waals surface area contributed by atoms with E-state index >= 15 is 0 Å². The minimum atomic E-state index is -4.18. The van der Waals surface area contributed by atoms with Gasteiger partial charge in [-0.3, -0.25) is 10.1 Å². The van der Waals surface area contributed by atoms with Crippen LogP contribution in [0.2, 0.25) is 0 Å². The minimum absolute atomic E-state index is 0.0709. The van der Waals surface area contributed by atoms with Gasteiger partial charge in [-0.2, -0.15) is 13.2 Å². The Labute approximate surface area is 124 Å². The first-order chi connectivity index (χ1) is 9.77. The summed E-state index contributed by atoms with van der Waals surface area (Å²) >= 11 is 0. The third-order valence-electron chi connectivity index (χ3n) is 3.99. The number of halogens is 3. The van der Waals surface area contributed by atoms with Crippen LogP contribution < -0.4 is 5.32 Å². The van der Waals surface area contributed by atoms with Gasteiger partial charge in [0.05, 0.1) is 6.61 Å². The minimum Gasteiger partial charge on any atom is -0.465 e. The fraction of sp³-hybridized carbons (Fsp3) is 0.933. The van der Waals surface area contributed by atoms with Gasteiger partial charge in [0.15, 0.2) is 0 Å². The molecule has 0 aliphatic heterocycles. The van der Waals surface area contributed by atoms with Gasteiger partial charge in [-0.25, -0.2) is 0 Å². The second-order valence-electron chi connectivity index (χ2n) is 6.00. The predicted octanol–water partition coefficient (Wildman–Crippen LogP) is 3.96. The van der Waals surface area contributed by atoms with Crippen molar-refractivity contribution < 1.29 is 22.7 Å². The van der Waals surface area contributed by atoms with Crippen LogP contribution in [0.1, 0.15) is 65.2 Å². The van der Waals surface area contributed by atoms with Gasteiger partial charge in [0.25, 0.3) is 0 Å². The lowest BCUT2D eigenvalue weighted by Crippen LogP contribution is -2.55. The first kappa shape index (κ1) is 18.3. The Morgan fingerprint density at radius 2 is 1.81 bits per heavy atom. The van der Waals surface area contributed by atoms with Crippen LogP contribution in [0.5, 0.6) is 0 Å². The summed E-state index contributed by atoms with van der Waals surface area (Å²) in [7, 11) is 0. The lowest BCUT2D eigenvalue weighted by atomic mass is 9.89. The molecule has 0 aromatic heterocycles. The van der Waals surface area contributed by atoms with Crippen LogP contribution >= 0.6 is 0 Å². The number of esters is 1. The molecule has 0 amide bonds. The SMILES string of the molecule is CCOC(=O)C(C)(CCCC(F)(F)F)NC1CCCCC1. The fourth-order valence-corrected chi connectivity index (χ4v) is 2.86. The van der Waals surface area contributed by atoms with Crippen molar-refractivity contribution in [2.45, 2.75) is 83.0 Å². The van der Waals surface area contributed by atoms with Crippen molar-refractivity contribution in [3.05, 3.63) is 0 Å². The second-order valence-corrected chi connectivity index (χ2v) is 6.00. The van der Waals surface area contributed by atoms with E-state index in [2.05, 4.69) is 5.32 Å². The molecule has 1 aliphatic carbocycles. The van der Waals surface area contributed by atoms with E-state index in [9.17, 15) is 18.0 Å². The summed E-state index contributed by atoms with van der Waals surface area (Å²) in [6.45, 7) is 3.60. The number of rotatable bonds is 7. The maximum atomic E-state index is 12.3. The molecule has 1 saturated carbocycles. The van der Waals surface area contributed by atoms with Gasteiger partial charge in [-0.15, -0.1) is 0 Å². The summed E-state index contributed by atoms with van der Waals surface area (Å²) in [6, 6.07) is 0.194. The summed E-state index contributed by atoms with van der Waals surface area (Å²) < 4.78 is 42.0. The number of alkyl halides is 3. The lowest BCUT2D eigenvalue weighted by Gasteiger charge is -2.35. The summed E-state index contributed by atoms with van der Waals surface area (Å²) in [5.74, 6) is -0.447. The zero-order valence-electron chi connectivity index (χ0n) is 12.9. The summed E-state index contributed by atoms with van der Waals surface area (Å²) in [5.41, 5.74) is -1.02. The average molecular weight is 309 g/mol. The number of hydrogen-bond acceptors (Lipinski definition) is 3. The van der Waals surface area contributed by atoms with Gasteiger partial charge in [0.2, 0.25) is 0 Å². The van der Waals surface area contributed by atoms with Crippen molar-refractivity contribution in [1.82, 2.24) is 5.32 Å². The molecule has 3 nitrogen and oxygen atoms in total. The molecule has 1 atom stereocenters. The Hall–Kier alpha value is -0.780. The second kappa shape index (κ2) is 8.01. The number of nitrogens with one attached hydrogen (secondary N) is 1. The van der Waals surface area contributed by atoms with E-state index in [1.807, 2.05) is 0 Å². The normalized spacial score (nSPS) is 20.0. The Morgan fingerprint density at radius 1 is 1.19 bits per heavy atom. The monoisotopic (exact) mass is 309 g/mol. The summed E-state index contributed by atoms with van der Waals surface area (Å²) in [6.07, 6.45) is 0.332. The van der Waals surface area contributed by atoms with E-state index in [1.54, 1.807) is 13.8 Å². The van der Waals surface area contributed by atoms with Gasteiger partial charge < -0.3 is 4.74 Å². The van der Waals surface area contributed by atoms with Crippen molar-refractivity contribution in [2.24, 2.45) is 0 Å². The molecule has 1 unspecified atom stereocenters. The number of hydrogen-bond donors (Lipinski definition) is 1. The number of carbonyl (C=O) groups is 1. The zero-order chi connectivity index (χ0) is 15.9. The molecule has 0 heterocycles. The van der Waals surface area contributed by atoms with Gasteiger partial charge in [-0.1, -0.05) is 19.3 Å². The van der Waals surface area contributed by atoms with Crippen molar-refractivity contribution in [3.8, 4) is 0 Å². The quantitative estimate of drug-likeness (QED) is 0.723. The van der Waals surface area contributed by atoms with Crippen LogP contribution in [0.25, 0.3) is 0 Å². The first-order valence-corrected chi connectivity index (χ1v) is 7.78. The van der Waals surface area contributed by atoms with Gasteiger partial charge >= 0.3 is 12.1 Å². The Bertz CT molecular complexity index is 327. The summed E-state index contributed by atoms with van der Waals surface area (Å²) in [4.78, 5) is 12.1. The smallest absolute Gasteiger partial charge is 0.389 e. The van der Waals surface area contributed by atoms with Crippen LogP contribution in [-0.4, -0.2) is 30.3 Å². The molecule has 124 valence electrons. The highest BCUT2D eigenvalue weighted by Gasteiger charge is 2.38. The molecule has 1 N–H and O–H groups in total. The Kier molecular flexibility index (Phi) is 6.97. The van der Waals surface area contributed by atoms with Gasteiger partial charge in [0.1, 0.15) is 5.54 Å². The third kappa shape index (κ3) is 6.68. The molecule has 6 heteroatoms. The molecule has 0 radical (unpaired) electrons. The van der Waals surface area contributed by atoms with E-state index in [-0.39, 0.29) is 25.5 Å². The van der Waals surface area contributed by atoms with E-state index in [1.165, 1.54) is 6.42 Å². The fourth-order valence-electron chi connectivity index (χ4n) is 2.86. The van der Waals surface area contributed by atoms with Crippen molar-refractivity contribution in [1.29, 1.82) is 0 Å². The Balaban J connectivity index is 2.62. The first-order valence-electron chi connectivity index (χ1n) is 7.78. The van der Waals surface area contributed by atoms with E-state index in [0.717, 1.165) is 25.7 Å². The number of carbonyl (C=O) groups excluding carboxylic acids is 1. The van der Waals surface area contributed by atoms with E-state index in [4.69, 9.17) is 4.74 Å². The molecular weight excluding hydrogens is 283 g/mol. The third-order valence-corrected chi connectivity index (χ3v) is 3.99. The molecule has 1 fully saturated rings. The molecule has 1 aliphatic rings. The highest BCUT2D eigenvalue weighted by atomic mass is 19.4. The molecule has 0 aromatic carbocycles. The largest absolute Gasteiger partial charge is 0.465 e. The number of ether oxygens (including phenoxy) is 1. The molecule has 0 saturated heterocycles. The zero-order valence-corrected chi connectivity index (χ0v) is 12.9. The topological polar surface area (TPSA) is 38.3 Å². The van der Waals surface area contributed by atoms with E-state index in [0.29, 0.717) is 0 Å². The lowest BCUT2D eigenvalue weighted by molar-refractivity contribution is -0.153. The molecular formula is C15H26F3NO2. The van der Waals surface area contributed by atoms with Crippen molar-refractivity contribution >= 4 is 5.97 Å².